The molecule has 5 fully saturated rings. The van der Waals surface area contributed by atoms with Gasteiger partial charge in [0.15, 0.2) is 66.5 Å². The number of aliphatic hydroxyl groups excluding tert-OH is 11. The second-order valence-electron chi connectivity index (χ2n) is 22.9. The molecular weight excluding hydrogens is 1330 g/mol. The summed E-state index contributed by atoms with van der Waals surface area (Å²) in [4.78, 5) is 81.2. The highest BCUT2D eigenvalue weighted by Gasteiger charge is 2.65. The van der Waals surface area contributed by atoms with Crippen LogP contribution < -0.4 is 9.47 Å². The molecular formula is C63H78O36. The molecule has 0 spiro atoms. The van der Waals surface area contributed by atoms with Crippen LogP contribution in [-0.2, 0) is 95.0 Å². The number of ether oxygens (including phenoxy) is 17. The molecule has 99 heavy (non-hydrogen) atoms. The van der Waals surface area contributed by atoms with Crippen LogP contribution in [0.15, 0.2) is 78.9 Å². The van der Waals surface area contributed by atoms with E-state index in [9.17, 15) is 95.2 Å². The van der Waals surface area contributed by atoms with Crippen LogP contribution in [0.4, 0.5) is 0 Å². The largest absolute Gasteiger partial charge is 0.504 e. The van der Waals surface area contributed by atoms with E-state index in [0.29, 0.717) is 0 Å². The van der Waals surface area contributed by atoms with Crippen LogP contribution in [0.3, 0.4) is 0 Å². The standard InChI is InChI=1S/C63H78O36/c1-27(67)85-24-40-52(88-29(3)69)54(94-59-49(79)47(77)44(74)37(21-64)89-59)51(81)61(91-40)95-55-53(93-43(73)18-14-31-12-16-34(71)36(20-31)84-5)41(25-86-28(2)68)92-62(56(55)96-60-50(80)48(78)45(75)38(22-65)90-60)99-63(26-87-42(72)17-13-30-11-15-33(70)35(19-30)83-4)57(46(76)39(23-66)98-63)97-58(82)32-9-7-6-8-10-32/h6-20,37-41,44-57,59-62,64-66,70-71,74-81H,21-26H2,1-5H3/t37-,38+,39+,40-,41+,44-,45+,46+,47-,48-,49+,50+,51-,52-,53+,54-,55-,56+,57-,59+,60-,61+,62-,63+/m0/s1. The van der Waals surface area contributed by atoms with Gasteiger partial charge in [-0.1, -0.05) is 30.3 Å². The summed E-state index contributed by atoms with van der Waals surface area (Å²) in [5.41, 5.74) is 0.278. The lowest BCUT2D eigenvalue weighted by Crippen LogP contribution is -2.70. The van der Waals surface area contributed by atoms with Crippen LogP contribution in [0.5, 0.6) is 23.0 Å². The highest BCUT2D eigenvalue weighted by Crippen LogP contribution is 2.43. The Morgan fingerprint density at radius 3 is 1.42 bits per heavy atom. The van der Waals surface area contributed by atoms with E-state index < -0.39 is 222 Å². The Hall–Kier alpha value is -7.64. The van der Waals surface area contributed by atoms with Gasteiger partial charge in [0.25, 0.3) is 0 Å². The lowest BCUT2D eigenvalue weighted by atomic mass is 9.95. The normalized spacial score (nSPS) is 34.6. The average molecular weight is 1410 g/mol. The number of carbonyl (C=O) groups is 6. The molecule has 0 amide bonds. The zero-order valence-corrected chi connectivity index (χ0v) is 53.4. The van der Waals surface area contributed by atoms with E-state index in [1.165, 1.54) is 81.0 Å². The zero-order chi connectivity index (χ0) is 72.2. The van der Waals surface area contributed by atoms with Gasteiger partial charge >= 0.3 is 35.8 Å². The second-order valence-corrected chi connectivity index (χ2v) is 22.9. The van der Waals surface area contributed by atoms with Crippen LogP contribution in [0.2, 0.25) is 0 Å². The summed E-state index contributed by atoms with van der Waals surface area (Å²) in [7, 11) is 2.50. The number of phenolic OH excluding ortho intramolecular Hbond substituents is 2. The quantitative estimate of drug-likeness (QED) is 0.0195. The van der Waals surface area contributed by atoms with Gasteiger partial charge in [-0.25, -0.2) is 14.4 Å². The number of aromatic hydroxyl groups is 2. The van der Waals surface area contributed by atoms with E-state index in [1.54, 1.807) is 6.07 Å². The molecule has 3 aromatic rings. The molecule has 0 aliphatic carbocycles. The molecule has 546 valence electrons. The van der Waals surface area contributed by atoms with Gasteiger partial charge in [-0.3, -0.25) is 14.4 Å². The molecule has 36 heteroatoms. The summed E-state index contributed by atoms with van der Waals surface area (Å²) in [6, 6.07) is 14.8. The van der Waals surface area contributed by atoms with Crippen LogP contribution in [0.25, 0.3) is 12.2 Å². The summed E-state index contributed by atoms with van der Waals surface area (Å²) in [6.07, 6.45) is -46.5. The summed E-state index contributed by atoms with van der Waals surface area (Å²) in [5, 5.41) is 144. The Balaban J connectivity index is 1.33. The van der Waals surface area contributed by atoms with Crippen LogP contribution in [0.1, 0.15) is 42.3 Å². The number of rotatable bonds is 27. The number of aliphatic hydroxyl groups is 11. The van der Waals surface area contributed by atoms with Gasteiger partial charge in [0.2, 0.25) is 5.79 Å². The van der Waals surface area contributed by atoms with Crippen molar-refractivity contribution < 1.29 is 176 Å². The van der Waals surface area contributed by atoms with Crippen LogP contribution >= 0.6 is 0 Å². The molecule has 5 aliphatic rings. The van der Waals surface area contributed by atoms with E-state index in [1.807, 2.05) is 0 Å². The number of benzene rings is 3. The number of phenols is 2. The maximum atomic E-state index is 14.6. The van der Waals surface area contributed by atoms with Crippen molar-refractivity contribution in [3.05, 3.63) is 95.6 Å². The van der Waals surface area contributed by atoms with Crippen LogP contribution in [0, 0.1) is 0 Å². The smallest absolute Gasteiger partial charge is 0.338 e. The summed E-state index contributed by atoms with van der Waals surface area (Å²) in [5.74, 6) is -10.7. The minimum atomic E-state index is -3.06. The van der Waals surface area contributed by atoms with Gasteiger partial charge < -0.3 is 147 Å². The third kappa shape index (κ3) is 18.7. The molecule has 5 aliphatic heterocycles. The Morgan fingerprint density at radius 1 is 0.465 bits per heavy atom. The first-order valence-corrected chi connectivity index (χ1v) is 30.5. The second kappa shape index (κ2) is 34.6. The van der Waals surface area contributed by atoms with E-state index >= 15 is 0 Å². The number of esters is 6. The van der Waals surface area contributed by atoms with E-state index in [-0.39, 0.29) is 39.7 Å². The maximum absolute atomic E-state index is 14.6. The van der Waals surface area contributed by atoms with E-state index in [4.69, 9.17) is 80.5 Å². The molecule has 13 N–H and O–H groups in total. The van der Waals surface area contributed by atoms with Crippen molar-refractivity contribution in [3.63, 3.8) is 0 Å². The Labute approximate surface area is 562 Å². The first-order valence-electron chi connectivity index (χ1n) is 30.5. The lowest BCUT2D eigenvalue weighted by Gasteiger charge is -2.51. The Bertz CT molecular complexity index is 3270. The van der Waals surface area contributed by atoms with Gasteiger partial charge in [0, 0.05) is 32.9 Å². The third-order valence-electron chi connectivity index (χ3n) is 16.1. The predicted octanol–water partition coefficient (Wildman–Crippen LogP) is -4.39. The monoisotopic (exact) mass is 1410 g/mol. The summed E-state index contributed by atoms with van der Waals surface area (Å²) in [6.45, 7) is -3.79. The molecule has 0 saturated carbocycles. The van der Waals surface area contributed by atoms with Gasteiger partial charge in [0.1, 0.15) is 117 Å². The first-order chi connectivity index (χ1) is 47.1. The van der Waals surface area contributed by atoms with Crippen molar-refractivity contribution >= 4 is 48.0 Å². The highest BCUT2D eigenvalue weighted by atomic mass is 16.8. The molecule has 5 heterocycles. The number of carbonyl (C=O) groups excluding carboxylic acids is 6. The molecule has 0 unspecified atom stereocenters. The maximum Gasteiger partial charge on any atom is 0.338 e. The van der Waals surface area contributed by atoms with Gasteiger partial charge in [-0.2, -0.15) is 0 Å². The third-order valence-corrected chi connectivity index (χ3v) is 16.1. The van der Waals surface area contributed by atoms with Crippen LogP contribution in [-0.4, -0.2) is 303 Å². The fraction of sp³-hybridized carbons (Fsp3) is 0.556. The van der Waals surface area contributed by atoms with Gasteiger partial charge in [-0.05, 0) is 59.7 Å². The molecule has 0 bridgehead atoms. The lowest BCUT2D eigenvalue weighted by molar-refractivity contribution is -0.423. The summed E-state index contributed by atoms with van der Waals surface area (Å²) >= 11 is 0. The topological polar surface area (TPSA) is 522 Å². The molecule has 5 saturated heterocycles. The Kier molecular flexibility index (Phi) is 27.0. The number of hydrogen-bond acceptors (Lipinski definition) is 36. The van der Waals surface area contributed by atoms with Crippen molar-refractivity contribution in [1.82, 2.24) is 0 Å². The molecule has 36 nitrogen and oxygen atoms in total. The van der Waals surface area contributed by atoms with E-state index in [0.717, 1.165) is 39.0 Å². The minimum absolute atomic E-state index is 0.00557. The molecule has 0 aromatic heterocycles. The van der Waals surface area contributed by atoms with Crippen molar-refractivity contribution in [2.75, 3.05) is 53.9 Å². The van der Waals surface area contributed by atoms with Crippen molar-refractivity contribution in [2.24, 2.45) is 0 Å². The minimum Gasteiger partial charge on any atom is -0.504 e. The van der Waals surface area contributed by atoms with Crippen molar-refractivity contribution in [3.8, 4) is 23.0 Å². The highest BCUT2D eigenvalue weighted by molar-refractivity contribution is 5.90. The van der Waals surface area contributed by atoms with Gasteiger partial charge in [0.05, 0.1) is 39.6 Å². The van der Waals surface area contributed by atoms with E-state index in [2.05, 4.69) is 0 Å². The number of methoxy groups -OCH3 is 2. The van der Waals surface area contributed by atoms with Crippen molar-refractivity contribution in [1.29, 1.82) is 0 Å². The SMILES string of the molecule is COc1cc(C=CC(=O)OC[C@]2(O[C@@H]3O[C@H](COC(C)=O)[C@@H](OC(=O)C=Cc4ccc(O)c(OC)c4)[C@H](O[C@H]4O[C@@H](COC(C)=O)[C@H](OC(C)=O)[C@@H](O[C@H]5O[C@@H](CO)[C@H](O)[C@H](O)[C@H]5O)[C@@H]4O)[C@H]3O[C@@H]3O[C@H](CO)[C@@H](O)[C@H](O)[C@H]3O)O[C@H](CO)[C@@H](O)[C@@H]2OC(=O)c2ccccc2)ccc1O. The fourth-order valence-electron chi connectivity index (χ4n) is 11.1. The van der Waals surface area contributed by atoms with Gasteiger partial charge in [-0.15, -0.1) is 0 Å². The molecule has 3 aromatic carbocycles. The number of hydrogen-bond donors (Lipinski definition) is 13. The molecule has 0 radical (unpaired) electrons. The fourth-order valence-corrected chi connectivity index (χ4v) is 11.1. The molecule has 24 atom stereocenters. The molecule has 8 rings (SSSR count). The Morgan fingerprint density at radius 2 is 0.929 bits per heavy atom. The predicted molar refractivity (Wildman–Crippen MR) is 320 cm³/mol. The summed E-state index contributed by atoms with van der Waals surface area (Å²) < 4.78 is 101. The zero-order valence-electron chi connectivity index (χ0n) is 53.4. The first kappa shape index (κ1) is 77.1. The average Bonchev–Trinajstić information content (AvgIpc) is 1.71. The van der Waals surface area contributed by atoms with Crippen molar-refractivity contribution in [2.45, 2.75) is 168 Å².